The van der Waals surface area contributed by atoms with Gasteiger partial charge in [-0.15, -0.1) is 11.3 Å². The van der Waals surface area contributed by atoms with Crippen LogP contribution in [-0.4, -0.2) is 23.9 Å². The van der Waals surface area contributed by atoms with Gasteiger partial charge in [0.15, 0.2) is 0 Å². The molecular formula is C17H20N2OS. The van der Waals surface area contributed by atoms with E-state index in [0.29, 0.717) is 12.6 Å². The molecule has 0 bridgehead atoms. The van der Waals surface area contributed by atoms with E-state index in [4.69, 9.17) is 0 Å². The van der Waals surface area contributed by atoms with Gasteiger partial charge in [-0.3, -0.25) is 9.69 Å². The lowest BCUT2D eigenvalue weighted by Gasteiger charge is -2.22. The van der Waals surface area contributed by atoms with Crippen molar-refractivity contribution in [1.82, 2.24) is 4.90 Å². The van der Waals surface area contributed by atoms with E-state index in [2.05, 4.69) is 27.7 Å². The molecule has 1 amide bonds. The minimum atomic E-state index is 0.0716. The van der Waals surface area contributed by atoms with Gasteiger partial charge in [0, 0.05) is 16.6 Å². The molecule has 3 nitrogen and oxygen atoms in total. The van der Waals surface area contributed by atoms with Crippen LogP contribution in [0, 0.1) is 6.92 Å². The molecule has 1 unspecified atom stereocenters. The Hall–Kier alpha value is -1.65. The first-order chi connectivity index (χ1) is 10.2. The van der Waals surface area contributed by atoms with Gasteiger partial charge >= 0.3 is 0 Å². The summed E-state index contributed by atoms with van der Waals surface area (Å²) < 4.78 is 0. The van der Waals surface area contributed by atoms with Crippen molar-refractivity contribution in [1.29, 1.82) is 0 Å². The topological polar surface area (TPSA) is 32.3 Å². The SMILES string of the molecule is Cc1ccc(NC(=O)CN2CCCC2c2cccs2)cc1. The fourth-order valence-electron chi connectivity index (χ4n) is 2.84. The van der Waals surface area contributed by atoms with Gasteiger partial charge < -0.3 is 5.32 Å². The number of likely N-dealkylation sites (tertiary alicyclic amines) is 1. The molecule has 0 aliphatic carbocycles. The summed E-state index contributed by atoms with van der Waals surface area (Å²) in [6, 6.07) is 12.6. The summed E-state index contributed by atoms with van der Waals surface area (Å²) >= 11 is 1.78. The molecular weight excluding hydrogens is 280 g/mol. The lowest BCUT2D eigenvalue weighted by Crippen LogP contribution is -2.32. The molecule has 1 aromatic heterocycles. The van der Waals surface area contributed by atoms with Gasteiger partial charge in [-0.2, -0.15) is 0 Å². The number of carbonyl (C=O) groups excluding carboxylic acids is 1. The molecule has 21 heavy (non-hydrogen) atoms. The summed E-state index contributed by atoms with van der Waals surface area (Å²) in [5, 5.41) is 5.09. The minimum Gasteiger partial charge on any atom is -0.325 e. The number of thiophene rings is 1. The number of nitrogens with one attached hydrogen (secondary N) is 1. The maximum absolute atomic E-state index is 12.2. The number of carbonyl (C=O) groups is 1. The molecule has 2 aromatic rings. The third-order valence-corrected chi connectivity index (χ3v) is 4.89. The molecule has 2 heterocycles. The van der Waals surface area contributed by atoms with Gasteiger partial charge in [-0.1, -0.05) is 23.8 Å². The largest absolute Gasteiger partial charge is 0.325 e. The molecule has 1 atom stereocenters. The number of amides is 1. The second kappa shape index (κ2) is 6.41. The highest BCUT2D eigenvalue weighted by atomic mass is 32.1. The van der Waals surface area contributed by atoms with E-state index in [0.717, 1.165) is 18.7 Å². The van der Waals surface area contributed by atoms with Crippen LogP contribution in [0.1, 0.15) is 29.3 Å². The summed E-state index contributed by atoms with van der Waals surface area (Å²) in [4.78, 5) is 15.9. The number of benzene rings is 1. The van der Waals surface area contributed by atoms with E-state index >= 15 is 0 Å². The highest BCUT2D eigenvalue weighted by Crippen LogP contribution is 2.34. The molecule has 1 aromatic carbocycles. The van der Waals surface area contributed by atoms with Gasteiger partial charge in [-0.05, 0) is 49.9 Å². The molecule has 0 spiro atoms. The third-order valence-electron chi connectivity index (χ3n) is 3.92. The highest BCUT2D eigenvalue weighted by Gasteiger charge is 2.28. The molecule has 0 saturated carbocycles. The van der Waals surface area contributed by atoms with E-state index < -0.39 is 0 Å². The molecule has 0 radical (unpaired) electrons. The standard InChI is InChI=1S/C17H20N2OS/c1-13-6-8-14(9-7-13)18-17(20)12-19-10-2-4-15(19)16-5-3-11-21-16/h3,5-9,11,15H,2,4,10,12H2,1H3,(H,18,20). The zero-order chi connectivity index (χ0) is 14.7. The summed E-state index contributed by atoms with van der Waals surface area (Å²) in [6.07, 6.45) is 2.32. The molecule has 1 aliphatic rings. The van der Waals surface area contributed by atoms with E-state index in [-0.39, 0.29) is 5.91 Å². The predicted octanol–water partition coefficient (Wildman–Crippen LogP) is 3.83. The lowest BCUT2D eigenvalue weighted by atomic mass is 10.2. The number of nitrogens with zero attached hydrogens (tertiary/aromatic N) is 1. The second-order valence-electron chi connectivity index (χ2n) is 5.56. The van der Waals surface area contributed by atoms with Crippen molar-refractivity contribution in [2.45, 2.75) is 25.8 Å². The first-order valence-corrected chi connectivity index (χ1v) is 8.24. The summed E-state index contributed by atoms with van der Waals surface area (Å²) in [6.45, 7) is 3.52. The molecule has 110 valence electrons. The van der Waals surface area contributed by atoms with Gasteiger partial charge in [0.1, 0.15) is 0 Å². The normalized spacial score (nSPS) is 18.8. The van der Waals surface area contributed by atoms with Crippen LogP contribution in [0.3, 0.4) is 0 Å². The van der Waals surface area contributed by atoms with Crippen molar-refractivity contribution in [3.63, 3.8) is 0 Å². The predicted molar refractivity (Wildman–Crippen MR) is 87.7 cm³/mol. The van der Waals surface area contributed by atoms with Crippen LogP contribution in [0.15, 0.2) is 41.8 Å². The summed E-state index contributed by atoms with van der Waals surface area (Å²) in [7, 11) is 0. The lowest BCUT2D eigenvalue weighted by molar-refractivity contribution is -0.117. The second-order valence-corrected chi connectivity index (χ2v) is 6.54. The number of aryl methyl sites for hydroxylation is 1. The maximum atomic E-state index is 12.2. The molecule has 1 saturated heterocycles. The Morgan fingerprint density at radius 1 is 1.33 bits per heavy atom. The van der Waals surface area contributed by atoms with E-state index in [1.165, 1.54) is 16.9 Å². The monoisotopic (exact) mass is 300 g/mol. The third kappa shape index (κ3) is 3.52. The van der Waals surface area contributed by atoms with Crippen molar-refractivity contribution in [3.05, 3.63) is 52.2 Å². The van der Waals surface area contributed by atoms with Crippen molar-refractivity contribution in [3.8, 4) is 0 Å². The number of anilines is 1. The van der Waals surface area contributed by atoms with Crippen LogP contribution in [0.4, 0.5) is 5.69 Å². The van der Waals surface area contributed by atoms with Crippen LogP contribution in [0.2, 0.25) is 0 Å². The van der Waals surface area contributed by atoms with Gasteiger partial charge in [0.25, 0.3) is 0 Å². The Morgan fingerprint density at radius 2 is 2.14 bits per heavy atom. The Labute approximate surface area is 129 Å². The smallest absolute Gasteiger partial charge is 0.238 e. The Kier molecular flexibility index (Phi) is 4.36. The van der Waals surface area contributed by atoms with Crippen LogP contribution in [0.5, 0.6) is 0 Å². The van der Waals surface area contributed by atoms with Gasteiger partial charge in [-0.25, -0.2) is 0 Å². The molecule has 1 fully saturated rings. The van der Waals surface area contributed by atoms with Gasteiger partial charge in [0.2, 0.25) is 5.91 Å². The fraction of sp³-hybridized carbons (Fsp3) is 0.353. The zero-order valence-corrected chi connectivity index (χ0v) is 13.0. The van der Waals surface area contributed by atoms with Crippen LogP contribution < -0.4 is 5.32 Å². The van der Waals surface area contributed by atoms with Crippen molar-refractivity contribution in [2.75, 3.05) is 18.4 Å². The zero-order valence-electron chi connectivity index (χ0n) is 12.2. The summed E-state index contributed by atoms with van der Waals surface area (Å²) in [5.74, 6) is 0.0716. The number of hydrogen-bond acceptors (Lipinski definition) is 3. The van der Waals surface area contributed by atoms with E-state index in [9.17, 15) is 4.79 Å². The minimum absolute atomic E-state index is 0.0716. The van der Waals surface area contributed by atoms with Crippen molar-refractivity contribution < 1.29 is 4.79 Å². The first kappa shape index (κ1) is 14.3. The Bertz CT molecular complexity index is 592. The maximum Gasteiger partial charge on any atom is 0.238 e. The first-order valence-electron chi connectivity index (χ1n) is 7.36. The Morgan fingerprint density at radius 3 is 2.86 bits per heavy atom. The number of hydrogen-bond donors (Lipinski definition) is 1. The van der Waals surface area contributed by atoms with E-state index in [1.807, 2.05) is 31.2 Å². The fourth-order valence-corrected chi connectivity index (χ4v) is 3.74. The van der Waals surface area contributed by atoms with Gasteiger partial charge in [0.05, 0.1) is 6.54 Å². The van der Waals surface area contributed by atoms with E-state index in [1.54, 1.807) is 11.3 Å². The average molecular weight is 300 g/mol. The molecule has 4 heteroatoms. The van der Waals surface area contributed by atoms with Crippen LogP contribution in [0.25, 0.3) is 0 Å². The van der Waals surface area contributed by atoms with Crippen molar-refractivity contribution >= 4 is 22.9 Å². The molecule has 3 rings (SSSR count). The molecule has 1 aliphatic heterocycles. The highest BCUT2D eigenvalue weighted by molar-refractivity contribution is 7.10. The van der Waals surface area contributed by atoms with Crippen molar-refractivity contribution in [2.24, 2.45) is 0 Å². The number of rotatable bonds is 4. The Balaban J connectivity index is 1.60. The average Bonchev–Trinajstić information content (AvgIpc) is 3.11. The van der Waals surface area contributed by atoms with Crippen LogP contribution in [-0.2, 0) is 4.79 Å². The van der Waals surface area contributed by atoms with Crippen LogP contribution >= 0.6 is 11.3 Å². The molecule has 1 N–H and O–H groups in total. The summed E-state index contributed by atoms with van der Waals surface area (Å²) in [5.41, 5.74) is 2.07. The quantitative estimate of drug-likeness (QED) is 0.930.